The van der Waals surface area contributed by atoms with Gasteiger partial charge in [0.2, 0.25) is 0 Å². The van der Waals surface area contributed by atoms with Gasteiger partial charge in [0.05, 0.1) is 7.11 Å². The Morgan fingerprint density at radius 1 is 1.11 bits per heavy atom. The van der Waals surface area contributed by atoms with Crippen molar-refractivity contribution in [3.8, 4) is 0 Å². The molecule has 0 unspecified atom stereocenters. The lowest BCUT2D eigenvalue weighted by molar-refractivity contribution is -0.140. The van der Waals surface area contributed by atoms with Crippen molar-refractivity contribution < 1.29 is 19.1 Å². The Morgan fingerprint density at radius 2 is 1.85 bits per heavy atom. The number of esters is 1. The largest absolute Gasteiger partial charge is 0.469 e. The lowest BCUT2D eigenvalue weighted by Gasteiger charge is -2.20. The molecule has 1 rings (SSSR count). The summed E-state index contributed by atoms with van der Waals surface area (Å²) in [6.07, 6.45) is 13.8. The van der Waals surface area contributed by atoms with Gasteiger partial charge in [-0.05, 0) is 44.4 Å². The highest BCUT2D eigenvalue weighted by molar-refractivity contribution is 7.81. The van der Waals surface area contributed by atoms with Crippen LogP contribution in [0.15, 0.2) is 12.2 Å². The molecule has 27 heavy (non-hydrogen) atoms. The number of carbonyl (C=O) groups is 3. The van der Waals surface area contributed by atoms with Gasteiger partial charge in [-0.25, -0.2) is 0 Å². The van der Waals surface area contributed by atoms with Gasteiger partial charge in [0.1, 0.15) is 11.6 Å². The van der Waals surface area contributed by atoms with E-state index in [4.69, 9.17) is 0 Å². The summed E-state index contributed by atoms with van der Waals surface area (Å²) in [6.45, 7) is 2.14. The van der Waals surface area contributed by atoms with E-state index < -0.39 is 0 Å². The predicted molar refractivity (Wildman–Crippen MR) is 112 cm³/mol. The second-order valence-electron chi connectivity index (χ2n) is 7.57. The van der Waals surface area contributed by atoms with E-state index in [1.54, 1.807) is 0 Å². The van der Waals surface area contributed by atoms with Gasteiger partial charge in [-0.3, -0.25) is 14.4 Å². The van der Waals surface area contributed by atoms with Crippen LogP contribution in [0.25, 0.3) is 0 Å². The predicted octanol–water partition coefficient (Wildman–Crippen LogP) is 5.10. The van der Waals surface area contributed by atoms with Crippen LogP contribution >= 0.6 is 12.6 Å². The molecule has 0 aromatic carbocycles. The van der Waals surface area contributed by atoms with Gasteiger partial charge >= 0.3 is 5.97 Å². The van der Waals surface area contributed by atoms with Gasteiger partial charge in [-0.1, -0.05) is 31.9 Å². The molecule has 5 heteroatoms. The van der Waals surface area contributed by atoms with Crippen LogP contribution in [0.5, 0.6) is 0 Å². The minimum atomic E-state index is -0.164. The maximum atomic E-state index is 12.3. The summed E-state index contributed by atoms with van der Waals surface area (Å²) in [5.74, 6) is 0.654. The van der Waals surface area contributed by atoms with E-state index >= 15 is 0 Å². The third-order valence-corrected chi connectivity index (χ3v) is 6.00. The topological polar surface area (TPSA) is 60.4 Å². The molecular formula is C22H36O4S. The van der Waals surface area contributed by atoms with Gasteiger partial charge < -0.3 is 4.74 Å². The summed E-state index contributed by atoms with van der Waals surface area (Å²) in [7, 11) is 1.41. The first-order valence-electron chi connectivity index (χ1n) is 10.4. The number of Topliss-reactive ketones (excluding diaryl/α,β-unsaturated/α-hetero) is 2. The molecule has 0 N–H and O–H groups in total. The zero-order chi connectivity index (χ0) is 20.1. The smallest absolute Gasteiger partial charge is 0.305 e. The molecule has 0 bridgehead atoms. The summed E-state index contributed by atoms with van der Waals surface area (Å²) in [5.41, 5.74) is 0. The third kappa shape index (κ3) is 9.59. The summed E-state index contributed by atoms with van der Waals surface area (Å²) < 4.78 is 4.62. The van der Waals surface area contributed by atoms with Crippen molar-refractivity contribution in [1.29, 1.82) is 0 Å². The van der Waals surface area contributed by atoms with Crippen molar-refractivity contribution in [1.82, 2.24) is 0 Å². The fraction of sp³-hybridized carbons (Fsp3) is 0.773. The van der Waals surface area contributed by atoms with Crippen LogP contribution in [-0.2, 0) is 19.1 Å². The van der Waals surface area contributed by atoms with Crippen molar-refractivity contribution in [2.24, 2.45) is 11.8 Å². The van der Waals surface area contributed by atoms with Crippen LogP contribution in [0.3, 0.4) is 0 Å². The number of rotatable bonds is 14. The molecule has 0 amide bonds. The summed E-state index contributed by atoms with van der Waals surface area (Å²) in [6, 6.07) is 0. The Bertz CT molecular complexity index is 501. The fourth-order valence-corrected chi connectivity index (χ4v) is 4.27. The number of unbranched alkanes of at least 4 members (excludes halogenated alkanes) is 4. The molecule has 0 radical (unpaired) electrons. The highest BCUT2D eigenvalue weighted by atomic mass is 32.1. The van der Waals surface area contributed by atoms with E-state index in [1.165, 1.54) is 7.11 Å². The number of hydrogen-bond acceptors (Lipinski definition) is 5. The minimum absolute atomic E-state index is 0.00209. The SMILES string of the molecule is CCCCCC(=O)CC[C@H]1[C@H](S)CC(=O)[C@@H]1C/C=C\CCCCC(=O)OC. The average molecular weight is 397 g/mol. The Morgan fingerprint density at radius 3 is 2.56 bits per heavy atom. The molecule has 0 heterocycles. The molecule has 0 aliphatic heterocycles. The zero-order valence-electron chi connectivity index (χ0n) is 17.0. The van der Waals surface area contributed by atoms with E-state index in [9.17, 15) is 14.4 Å². The quantitative estimate of drug-likeness (QED) is 0.192. The van der Waals surface area contributed by atoms with Crippen LogP contribution in [0.1, 0.15) is 84.0 Å². The van der Waals surface area contributed by atoms with Gasteiger partial charge in [-0.2, -0.15) is 12.6 Å². The monoisotopic (exact) mass is 396 g/mol. The van der Waals surface area contributed by atoms with Crippen molar-refractivity contribution in [3.05, 3.63) is 12.2 Å². The number of ketones is 2. The molecule has 1 fully saturated rings. The number of ether oxygens (including phenoxy) is 1. The lowest BCUT2D eigenvalue weighted by Crippen LogP contribution is -2.19. The fourth-order valence-electron chi connectivity index (χ4n) is 3.73. The second kappa shape index (κ2) is 14.0. The second-order valence-corrected chi connectivity index (χ2v) is 8.23. The number of hydrogen-bond donors (Lipinski definition) is 1. The van der Waals surface area contributed by atoms with Gasteiger partial charge in [0.15, 0.2) is 0 Å². The number of thiol groups is 1. The van der Waals surface area contributed by atoms with Crippen molar-refractivity contribution in [2.75, 3.05) is 7.11 Å². The first kappa shape index (κ1) is 23.9. The van der Waals surface area contributed by atoms with Crippen LogP contribution in [0, 0.1) is 11.8 Å². The highest BCUT2D eigenvalue weighted by Gasteiger charge is 2.39. The van der Waals surface area contributed by atoms with Crippen LogP contribution in [0.2, 0.25) is 0 Å². The Kier molecular flexibility index (Phi) is 12.4. The molecule has 1 aliphatic carbocycles. The molecule has 1 aliphatic rings. The summed E-state index contributed by atoms with van der Waals surface area (Å²) in [4.78, 5) is 35.4. The molecule has 154 valence electrons. The number of methoxy groups -OCH3 is 1. The van der Waals surface area contributed by atoms with E-state index in [0.29, 0.717) is 31.5 Å². The van der Waals surface area contributed by atoms with Crippen molar-refractivity contribution >= 4 is 30.2 Å². The Labute approximate surface area is 169 Å². The third-order valence-electron chi connectivity index (χ3n) is 5.44. The standard InChI is InChI=1S/C22H36O4S/c1-3-4-8-11-17(23)14-15-19-18(20(24)16-21(19)27)12-9-6-5-7-10-13-22(25)26-2/h6,9,18-19,21,27H,3-5,7-8,10-16H2,1-2H3/b9-6-/t18-,19-,21-/m1/s1. The molecular weight excluding hydrogens is 360 g/mol. The molecule has 1 saturated carbocycles. The van der Waals surface area contributed by atoms with E-state index in [1.807, 2.05) is 0 Å². The van der Waals surface area contributed by atoms with E-state index in [0.717, 1.165) is 51.4 Å². The van der Waals surface area contributed by atoms with Crippen LogP contribution < -0.4 is 0 Å². The molecule has 0 saturated heterocycles. The normalized spacial score (nSPS) is 22.5. The highest BCUT2D eigenvalue weighted by Crippen LogP contribution is 2.38. The zero-order valence-corrected chi connectivity index (χ0v) is 17.8. The summed E-state index contributed by atoms with van der Waals surface area (Å²) in [5, 5.41) is 0.0828. The number of carbonyl (C=O) groups excluding carboxylic acids is 3. The van der Waals surface area contributed by atoms with E-state index in [-0.39, 0.29) is 28.8 Å². The Hall–Kier alpha value is -1.10. The average Bonchev–Trinajstić information content (AvgIpc) is 2.91. The van der Waals surface area contributed by atoms with Crippen LogP contribution in [0.4, 0.5) is 0 Å². The minimum Gasteiger partial charge on any atom is -0.469 e. The van der Waals surface area contributed by atoms with E-state index in [2.05, 4.69) is 36.4 Å². The maximum absolute atomic E-state index is 12.3. The maximum Gasteiger partial charge on any atom is 0.305 e. The van der Waals surface area contributed by atoms with Gasteiger partial charge in [-0.15, -0.1) is 0 Å². The van der Waals surface area contributed by atoms with Crippen LogP contribution in [-0.4, -0.2) is 29.9 Å². The molecule has 0 aromatic rings. The van der Waals surface area contributed by atoms with Crippen molar-refractivity contribution in [3.63, 3.8) is 0 Å². The lowest BCUT2D eigenvalue weighted by atomic mass is 9.87. The van der Waals surface area contributed by atoms with Gasteiger partial charge in [0.25, 0.3) is 0 Å². The molecule has 3 atom stereocenters. The molecule has 4 nitrogen and oxygen atoms in total. The molecule has 0 aromatic heterocycles. The first-order chi connectivity index (χ1) is 13.0. The first-order valence-corrected chi connectivity index (χ1v) is 11.0. The summed E-state index contributed by atoms with van der Waals surface area (Å²) >= 11 is 4.61. The Balaban J connectivity index is 2.33. The van der Waals surface area contributed by atoms with Crippen molar-refractivity contribution in [2.45, 2.75) is 89.2 Å². The molecule has 0 spiro atoms. The van der Waals surface area contributed by atoms with Gasteiger partial charge in [0, 0.05) is 36.9 Å². The number of allylic oxidation sites excluding steroid dienone is 2.